The smallest absolute Gasteiger partial charge is 0.270 e. The number of hydrazone groups is 1. The Kier molecular flexibility index (Phi) is 4.99. The number of carbonyl (C=O) groups is 1. The third-order valence-corrected chi connectivity index (χ3v) is 3.70. The molecule has 1 heterocycles. The molecule has 0 spiro atoms. The molecule has 0 saturated heterocycles. The number of para-hydroxylation sites is 2. The van der Waals surface area contributed by atoms with Crippen molar-refractivity contribution in [1.82, 2.24) is 15.4 Å². The van der Waals surface area contributed by atoms with E-state index in [0.717, 1.165) is 11.1 Å². The predicted octanol–water partition coefficient (Wildman–Crippen LogP) is 2.31. The lowest BCUT2D eigenvalue weighted by atomic mass is 10.2. The highest BCUT2D eigenvalue weighted by Gasteiger charge is 2.07. The van der Waals surface area contributed by atoms with Crippen molar-refractivity contribution in [3.8, 4) is 0 Å². The highest BCUT2D eigenvalue weighted by molar-refractivity contribution is 5.82. The number of aromatic nitrogens is 2. The second kappa shape index (κ2) is 7.53. The zero-order valence-electron chi connectivity index (χ0n) is 13.8. The number of rotatable bonds is 5. The Labute approximate surface area is 144 Å². The van der Waals surface area contributed by atoms with Crippen LogP contribution in [-0.2, 0) is 11.2 Å². The van der Waals surface area contributed by atoms with E-state index < -0.39 is 0 Å². The Bertz CT molecular complexity index is 992. The summed E-state index contributed by atoms with van der Waals surface area (Å²) in [7, 11) is 0. The number of aromatic amines is 1. The summed E-state index contributed by atoms with van der Waals surface area (Å²) in [5.41, 5.74) is 5.96. The molecule has 0 unspecified atom stereocenters. The van der Waals surface area contributed by atoms with Crippen LogP contribution >= 0.6 is 0 Å². The minimum absolute atomic E-state index is 0.138. The number of nitrogens with one attached hydrogen (secondary N) is 2. The van der Waals surface area contributed by atoms with Gasteiger partial charge in [0.25, 0.3) is 5.56 Å². The minimum Gasteiger partial charge on any atom is -0.319 e. The summed E-state index contributed by atoms with van der Waals surface area (Å²) in [5.74, 6) is -0.265. The van der Waals surface area contributed by atoms with Crippen molar-refractivity contribution >= 4 is 23.2 Å². The number of hydrogen-bond donors (Lipinski definition) is 2. The van der Waals surface area contributed by atoms with Gasteiger partial charge in [0.15, 0.2) is 0 Å². The molecule has 1 amide bonds. The average Bonchev–Trinajstić information content (AvgIpc) is 2.60. The fourth-order valence-corrected chi connectivity index (χ4v) is 2.45. The van der Waals surface area contributed by atoms with Crippen LogP contribution in [0.5, 0.6) is 0 Å². The molecule has 0 aliphatic heterocycles. The maximum atomic E-state index is 12.0. The van der Waals surface area contributed by atoms with Gasteiger partial charge in [0.1, 0.15) is 5.69 Å². The molecule has 25 heavy (non-hydrogen) atoms. The molecule has 0 radical (unpaired) electrons. The van der Waals surface area contributed by atoms with Crippen LogP contribution in [0.15, 0.2) is 58.4 Å². The van der Waals surface area contributed by atoms with Gasteiger partial charge in [-0.25, -0.2) is 10.4 Å². The van der Waals surface area contributed by atoms with E-state index in [1.165, 1.54) is 0 Å². The van der Waals surface area contributed by atoms with Gasteiger partial charge in [-0.2, -0.15) is 5.10 Å². The fraction of sp³-hybridized carbons (Fsp3) is 0.158. The fourth-order valence-electron chi connectivity index (χ4n) is 2.45. The van der Waals surface area contributed by atoms with Crippen molar-refractivity contribution in [1.29, 1.82) is 0 Å². The van der Waals surface area contributed by atoms with E-state index in [0.29, 0.717) is 16.7 Å². The third kappa shape index (κ3) is 4.38. The van der Waals surface area contributed by atoms with E-state index in [2.05, 4.69) is 20.5 Å². The predicted molar refractivity (Wildman–Crippen MR) is 97.6 cm³/mol. The Hall–Kier alpha value is -3.28. The molecule has 1 aromatic heterocycles. The standard InChI is InChI=1S/C19H18N4O2/c1-13-5-4-6-14(11-13)12-20-23-18(24)10-9-17-19(25)22-16-8-3-2-7-15(16)21-17/h2-8,11-12H,9-10H2,1H3,(H,22,25)(H,23,24)/b20-12-. The van der Waals surface area contributed by atoms with Crippen molar-refractivity contribution in [3.63, 3.8) is 0 Å². The molecule has 3 aromatic rings. The second-order valence-corrected chi connectivity index (χ2v) is 5.74. The normalized spacial score (nSPS) is 11.1. The summed E-state index contributed by atoms with van der Waals surface area (Å²) in [6.45, 7) is 1.99. The van der Waals surface area contributed by atoms with Crippen molar-refractivity contribution in [3.05, 3.63) is 75.7 Å². The summed E-state index contributed by atoms with van der Waals surface area (Å²) in [6.07, 6.45) is 1.98. The molecule has 126 valence electrons. The largest absolute Gasteiger partial charge is 0.319 e. The minimum atomic E-state index is -0.269. The molecule has 0 fully saturated rings. The summed E-state index contributed by atoms with van der Waals surface area (Å²) in [6, 6.07) is 15.1. The lowest BCUT2D eigenvalue weighted by Gasteiger charge is -2.02. The van der Waals surface area contributed by atoms with Gasteiger partial charge >= 0.3 is 0 Å². The van der Waals surface area contributed by atoms with Gasteiger partial charge in [-0.15, -0.1) is 0 Å². The quantitative estimate of drug-likeness (QED) is 0.554. The summed E-state index contributed by atoms with van der Waals surface area (Å²) < 4.78 is 0. The van der Waals surface area contributed by atoms with Gasteiger partial charge in [-0.05, 0) is 24.6 Å². The highest BCUT2D eigenvalue weighted by Crippen LogP contribution is 2.06. The molecule has 0 atom stereocenters. The molecular weight excluding hydrogens is 316 g/mol. The topological polar surface area (TPSA) is 87.2 Å². The Morgan fingerprint density at radius 2 is 2.08 bits per heavy atom. The van der Waals surface area contributed by atoms with E-state index in [1.54, 1.807) is 12.3 Å². The molecule has 6 heteroatoms. The molecule has 0 bridgehead atoms. The van der Waals surface area contributed by atoms with Crippen LogP contribution in [0.1, 0.15) is 23.2 Å². The number of fused-ring (bicyclic) bond motifs is 1. The summed E-state index contributed by atoms with van der Waals surface area (Å²) in [4.78, 5) is 31.0. The number of benzene rings is 2. The number of aryl methyl sites for hydroxylation is 2. The number of nitrogens with zero attached hydrogens (tertiary/aromatic N) is 2. The SMILES string of the molecule is Cc1cccc(/C=N\NC(=O)CCc2nc3ccccc3[nH]c2=O)c1. The molecule has 0 aliphatic rings. The van der Waals surface area contributed by atoms with E-state index in [4.69, 9.17) is 0 Å². The van der Waals surface area contributed by atoms with Gasteiger partial charge in [-0.1, -0.05) is 42.0 Å². The Morgan fingerprint density at radius 1 is 1.24 bits per heavy atom. The first-order valence-electron chi connectivity index (χ1n) is 7.98. The maximum absolute atomic E-state index is 12.0. The van der Waals surface area contributed by atoms with Crippen LogP contribution in [0.25, 0.3) is 11.0 Å². The Morgan fingerprint density at radius 3 is 2.92 bits per heavy atom. The molecule has 0 aliphatic carbocycles. The number of hydrogen-bond acceptors (Lipinski definition) is 4. The molecular formula is C19H18N4O2. The molecule has 2 N–H and O–H groups in total. The van der Waals surface area contributed by atoms with Crippen molar-refractivity contribution in [2.75, 3.05) is 0 Å². The average molecular weight is 334 g/mol. The number of amides is 1. The highest BCUT2D eigenvalue weighted by atomic mass is 16.2. The van der Waals surface area contributed by atoms with Crippen LogP contribution in [0.4, 0.5) is 0 Å². The zero-order chi connectivity index (χ0) is 17.6. The van der Waals surface area contributed by atoms with Gasteiger partial charge in [0.05, 0.1) is 17.2 Å². The monoisotopic (exact) mass is 334 g/mol. The molecule has 2 aromatic carbocycles. The van der Waals surface area contributed by atoms with Crippen LogP contribution in [0.3, 0.4) is 0 Å². The van der Waals surface area contributed by atoms with Gasteiger partial charge in [0.2, 0.25) is 5.91 Å². The van der Waals surface area contributed by atoms with Crippen LogP contribution in [-0.4, -0.2) is 22.1 Å². The van der Waals surface area contributed by atoms with Crippen molar-refractivity contribution in [2.45, 2.75) is 19.8 Å². The molecule has 3 rings (SSSR count). The van der Waals surface area contributed by atoms with Gasteiger partial charge in [0, 0.05) is 12.8 Å². The molecule has 0 saturated carbocycles. The van der Waals surface area contributed by atoms with Crippen LogP contribution in [0.2, 0.25) is 0 Å². The van der Waals surface area contributed by atoms with Gasteiger partial charge < -0.3 is 4.98 Å². The summed E-state index contributed by atoms with van der Waals surface area (Å²) >= 11 is 0. The van der Waals surface area contributed by atoms with Crippen LogP contribution < -0.4 is 11.0 Å². The van der Waals surface area contributed by atoms with E-state index in [9.17, 15) is 9.59 Å². The third-order valence-electron chi connectivity index (χ3n) is 3.70. The Balaban J connectivity index is 1.59. The zero-order valence-corrected chi connectivity index (χ0v) is 13.8. The van der Waals surface area contributed by atoms with E-state index in [-0.39, 0.29) is 24.3 Å². The number of H-pyrrole nitrogens is 1. The lowest BCUT2D eigenvalue weighted by molar-refractivity contribution is -0.121. The van der Waals surface area contributed by atoms with Crippen molar-refractivity contribution in [2.24, 2.45) is 5.10 Å². The van der Waals surface area contributed by atoms with Crippen LogP contribution in [0, 0.1) is 6.92 Å². The van der Waals surface area contributed by atoms with E-state index >= 15 is 0 Å². The summed E-state index contributed by atoms with van der Waals surface area (Å²) in [5, 5.41) is 3.94. The van der Waals surface area contributed by atoms with Crippen molar-refractivity contribution < 1.29 is 4.79 Å². The molecule has 6 nitrogen and oxygen atoms in total. The van der Waals surface area contributed by atoms with Gasteiger partial charge in [-0.3, -0.25) is 9.59 Å². The lowest BCUT2D eigenvalue weighted by Crippen LogP contribution is -2.21. The first kappa shape index (κ1) is 16.6. The van der Waals surface area contributed by atoms with E-state index in [1.807, 2.05) is 49.4 Å². The number of carbonyl (C=O) groups excluding carboxylic acids is 1. The first-order chi connectivity index (χ1) is 12.1. The maximum Gasteiger partial charge on any atom is 0.270 e. The second-order valence-electron chi connectivity index (χ2n) is 5.74. The first-order valence-corrected chi connectivity index (χ1v) is 7.98.